The maximum Gasteiger partial charge on any atom is 0.352 e. The second kappa shape index (κ2) is 7.12. The number of fused-ring (bicyclic) bond motifs is 1. The molecule has 0 saturated carbocycles. The Morgan fingerprint density at radius 2 is 1.78 bits per heavy atom. The van der Waals surface area contributed by atoms with E-state index in [0.29, 0.717) is 5.52 Å². The number of hydrogen-bond donors (Lipinski definition) is 3. The van der Waals surface area contributed by atoms with Gasteiger partial charge in [-0.25, -0.2) is 15.2 Å². The van der Waals surface area contributed by atoms with E-state index in [1.54, 1.807) is 18.2 Å². The highest BCUT2D eigenvalue weighted by Crippen LogP contribution is 2.11. The molecular formula is C15H13N3O5. The fourth-order valence-electron chi connectivity index (χ4n) is 1.80. The van der Waals surface area contributed by atoms with Crippen molar-refractivity contribution in [1.82, 2.24) is 10.4 Å². The van der Waals surface area contributed by atoms with Crippen molar-refractivity contribution in [3.05, 3.63) is 42.1 Å². The zero-order valence-corrected chi connectivity index (χ0v) is 11.9. The Balaban J connectivity index is 2.13. The van der Waals surface area contributed by atoms with Gasteiger partial charge in [0.05, 0.1) is 11.9 Å². The van der Waals surface area contributed by atoms with Crippen molar-refractivity contribution < 1.29 is 24.6 Å². The van der Waals surface area contributed by atoms with Crippen LogP contribution in [0.2, 0.25) is 0 Å². The van der Waals surface area contributed by atoms with E-state index in [1.165, 1.54) is 6.07 Å². The van der Waals surface area contributed by atoms with E-state index >= 15 is 0 Å². The number of carboxylic acid groups (broad SMARTS) is 2. The Bertz CT molecular complexity index is 801. The molecule has 0 bridgehead atoms. The minimum Gasteiger partial charge on any atom is -0.481 e. The van der Waals surface area contributed by atoms with Crippen LogP contribution < -0.4 is 5.43 Å². The van der Waals surface area contributed by atoms with Crippen LogP contribution in [0.4, 0.5) is 0 Å². The first-order valence-electron chi connectivity index (χ1n) is 6.65. The molecule has 0 aliphatic carbocycles. The van der Waals surface area contributed by atoms with Crippen LogP contribution in [0.25, 0.3) is 10.9 Å². The summed E-state index contributed by atoms with van der Waals surface area (Å²) in [5.41, 5.74) is 2.34. The van der Waals surface area contributed by atoms with Crippen molar-refractivity contribution in [2.24, 2.45) is 5.10 Å². The third-order valence-corrected chi connectivity index (χ3v) is 2.95. The van der Waals surface area contributed by atoms with E-state index in [0.717, 1.165) is 5.39 Å². The second-order valence-corrected chi connectivity index (χ2v) is 4.59. The van der Waals surface area contributed by atoms with Gasteiger partial charge >= 0.3 is 11.9 Å². The van der Waals surface area contributed by atoms with Gasteiger partial charge in [0.25, 0.3) is 5.91 Å². The van der Waals surface area contributed by atoms with Crippen LogP contribution in [0.3, 0.4) is 0 Å². The number of hydrazone groups is 1. The highest BCUT2D eigenvalue weighted by atomic mass is 16.4. The van der Waals surface area contributed by atoms with E-state index in [1.807, 2.05) is 12.1 Å². The number of benzene rings is 1. The number of rotatable bonds is 6. The van der Waals surface area contributed by atoms with E-state index in [4.69, 9.17) is 10.2 Å². The molecule has 0 saturated heterocycles. The number of para-hydroxylation sites is 1. The van der Waals surface area contributed by atoms with E-state index in [2.05, 4.69) is 15.5 Å². The van der Waals surface area contributed by atoms with Crippen molar-refractivity contribution in [3.63, 3.8) is 0 Å². The average Bonchev–Trinajstić information content (AvgIpc) is 2.53. The summed E-state index contributed by atoms with van der Waals surface area (Å²) in [6, 6.07) is 10.4. The van der Waals surface area contributed by atoms with Crippen LogP contribution in [0, 0.1) is 0 Å². The number of carbonyl (C=O) groups excluding carboxylic acids is 1. The highest BCUT2D eigenvalue weighted by molar-refractivity contribution is 6.35. The Labute approximate surface area is 130 Å². The molecule has 8 heteroatoms. The summed E-state index contributed by atoms with van der Waals surface area (Å²) in [5, 5.41) is 21.8. The maximum absolute atomic E-state index is 12.0. The predicted octanol–water partition coefficient (Wildman–Crippen LogP) is 1.27. The molecule has 1 aromatic heterocycles. The Morgan fingerprint density at radius 1 is 1.04 bits per heavy atom. The third-order valence-electron chi connectivity index (χ3n) is 2.95. The normalized spacial score (nSPS) is 11.2. The predicted molar refractivity (Wildman–Crippen MR) is 81.1 cm³/mol. The number of carboxylic acids is 2. The van der Waals surface area contributed by atoms with E-state index in [9.17, 15) is 14.4 Å². The number of aromatic nitrogens is 1. The monoisotopic (exact) mass is 315 g/mol. The smallest absolute Gasteiger partial charge is 0.352 e. The van der Waals surface area contributed by atoms with Gasteiger partial charge in [-0.2, -0.15) is 5.10 Å². The van der Waals surface area contributed by atoms with Crippen molar-refractivity contribution in [2.75, 3.05) is 0 Å². The summed E-state index contributed by atoms with van der Waals surface area (Å²) in [4.78, 5) is 37.5. The molecule has 23 heavy (non-hydrogen) atoms. The lowest BCUT2D eigenvalue weighted by Gasteiger charge is -2.03. The van der Waals surface area contributed by atoms with Crippen molar-refractivity contribution in [1.29, 1.82) is 0 Å². The minimum absolute atomic E-state index is 0.0791. The first-order chi connectivity index (χ1) is 11.0. The lowest BCUT2D eigenvalue weighted by molar-refractivity contribution is -0.136. The fourth-order valence-corrected chi connectivity index (χ4v) is 1.80. The van der Waals surface area contributed by atoms with Crippen LogP contribution in [-0.2, 0) is 9.59 Å². The molecule has 0 atom stereocenters. The molecule has 0 aliphatic heterocycles. The molecule has 8 nitrogen and oxygen atoms in total. The van der Waals surface area contributed by atoms with Gasteiger partial charge in [-0.3, -0.25) is 9.59 Å². The summed E-state index contributed by atoms with van der Waals surface area (Å²) in [7, 11) is 0. The molecule has 0 spiro atoms. The Kier molecular flexibility index (Phi) is 4.98. The molecule has 1 heterocycles. The van der Waals surface area contributed by atoms with Crippen molar-refractivity contribution in [3.8, 4) is 0 Å². The lowest BCUT2D eigenvalue weighted by atomic mass is 10.2. The van der Waals surface area contributed by atoms with Gasteiger partial charge < -0.3 is 10.2 Å². The van der Waals surface area contributed by atoms with Gasteiger partial charge in [-0.05, 0) is 12.1 Å². The molecule has 118 valence electrons. The largest absolute Gasteiger partial charge is 0.481 e. The first kappa shape index (κ1) is 16.1. The highest BCUT2D eigenvalue weighted by Gasteiger charge is 2.13. The van der Waals surface area contributed by atoms with Gasteiger partial charge in [-0.15, -0.1) is 0 Å². The number of nitrogens with one attached hydrogen (secondary N) is 1. The molecule has 3 N–H and O–H groups in total. The molecule has 0 unspecified atom stereocenters. The fraction of sp³-hybridized carbons (Fsp3) is 0.133. The average molecular weight is 315 g/mol. The molecular weight excluding hydrogens is 302 g/mol. The van der Waals surface area contributed by atoms with E-state index in [-0.39, 0.29) is 12.1 Å². The standard InChI is InChI=1S/C15H13N3O5/c19-13(20)8-7-12(15(22)23)17-18-14(21)11-6-5-9-3-1-2-4-10(9)16-11/h1-6H,7-8H2,(H,18,21)(H,19,20)(H,22,23). The number of hydrogen-bond acceptors (Lipinski definition) is 5. The number of amides is 1. The summed E-state index contributed by atoms with van der Waals surface area (Å²) < 4.78 is 0. The lowest BCUT2D eigenvalue weighted by Crippen LogP contribution is -2.24. The van der Waals surface area contributed by atoms with Crippen LogP contribution in [0.1, 0.15) is 23.3 Å². The number of nitrogens with zero attached hydrogens (tertiary/aromatic N) is 2. The minimum atomic E-state index is -1.39. The van der Waals surface area contributed by atoms with Crippen LogP contribution in [-0.4, -0.2) is 38.8 Å². The summed E-state index contributed by atoms with van der Waals surface area (Å²) in [6.07, 6.45) is -0.689. The third kappa shape index (κ3) is 4.34. The van der Waals surface area contributed by atoms with Crippen LogP contribution in [0.15, 0.2) is 41.5 Å². The quantitative estimate of drug-likeness (QED) is 0.544. The number of carbonyl (C=O) groups is 3. The Hall–Kier alpha value is -3.29. The Morgan fingerprint density at radius 3 is 2.48 bits per heavy atom. The maximum atomic E-state index is 12.0. The van der Waals surface area contributed by atoms with Crippen molar-refractivity contribution >= 4 is 34.5 Å². The molecule has 2 aromatic rings. The van der Waals surface area contributed by atoms with Gasteiger partial charge in [0.15, 0.2) is 0 Å². The molecule has 0 aliphatic rings. The van der Waals surface area contributed by atoms with Crippen LogP contribution >= 0.6 is 0 Å². The van der Waals surface area contributed by atoms with Gasteiger partial charge in [0.2, 0.25) is 0 Å². The summed E-state index contributed by atoms with van der Waals surface area (Å²) in [5.74, 6) is -3.22. The zero-order valence-electron chi connectivity index (χ0n) is 11.9. The molecule has 2 rings (SSSR count). The van der Waals surface area contributed by atoms with Gasteiger partial charge in [0.1, 0.15) is 11.4 Å². The topological polar surface area (TPSA) is 129 Å². The van der Waals surface area contributed by atoms with Crippen molar-refractivity contribution in [2.45, 2.75) is 12.8 Å². The molecule has 1 amide bonds. The first-order valence-corrected chi connectivity index (χ1v) is 6.65. The SMILES string of the molecule is O=C(O)CCC(=NNC(=O)c1ccc2ccccc2n1)C(=O)O. The molecule has 0 fully saturated rings. The summed E-state index contributed by atoms with van der Waals surface area (Å²) in [6.45, 7) is 0. The zero-order chi connectivity index (χ0) is 16.8. The number of aliphatic carboxylic acids is 2. The summed E-state index contributed by atoms with van der Waals surface area (Å²) >= 11 is 0. The van der Waals surface area contributed by atoms with Crippen LogP contribution in [0.5, 0.6) is 0 Å². The number of pyridine rings is 1. The molecule has 1 aromatic carbocycles. The van der Waals surface area contributed by atoms with Gasteiger partial charge in [0, 0.05) is 11.8 Å². The second-order valence-electron chi connectivity index (χ2n) is 4.59. The molecule has 0 radical (unpaired) electrons. The van der Waals surface area contributed by atoms with Gasteiger partial charge in [-0.1, -0.05) is 24.3 Å². The van der Waals surface area contributed by atoms with E-state index < -0.39 is 30.0 Å².